The molecule has 0 radical (unpaired) electrons. The molecule has 2 aromatic carbocycles. The zero-order valence-corrected chi connectivity index (χ0v) is 17.3. The van der Waals surface area contributed by atoms with Crippen molar-refractivity contribution < 1.29 is 21.6 Å². The topological polar surface area (TPSA) is 62.3 Å². The van der Waals surface area contributed by atoms with Crippen LogP contribution in [0.4, 0.5) is 24.7 Å². The Labute approximate surface area is 173 Å². The first-order valence-electron chi connectivity index (χ1n) is 8.92. The molecule has 0 aliphatic heterocycles. The molecule has 1 aromatic heterocycles. The first kappa shape index (κ1) is 21.6. The van der Waals surface area contributed by atoms with Crippen LogP contribution < -0.4 is 9.62 Å². The number of hydrogen-bond donors (Lipinski definition) is 1. The van der Waals surface area contributed by atoms with Gasteiger partial charge in [-0.3, -0.25) is 4.72 Å². The van der Waals surface area contributed by atoms with Crippen molar-refractivity contribution in [2.45, 2.75) is 18.0 Å². The van der Waals surface area contributed by atoms with E-state index < -0.39 is 21.8 Å². The summed E-state index contributed by atoms with van der Waals surface area (Å²) in [5, 5.41) is 0. The van der Waals surface area contributed by atoms with Gasteiger partial charge in [-0.25, -0.2) is 13.4 Å². The minimum atomic E-state index is -4.52. The molecule has 0 saturated carbocycles. The van der Waals surface area contributed by atoms with Crippen LogP contribution in [0.5, 0.6) is 0 Å². The van der Waals surface area contributed by atoms with Crippen LogP contribution in [-0.4, -0.2) is 27.5 Å². The van der Waals surface area contributed by atoms with E-state index in [0.29, 0.717) is 22.6 Å². The molecule has 0 fully saturated rings. The Bertz CT molecular complexity index is 1140. The highest BCUT2D eigenvalue weighted by atomic mass is 32.2. The van der Waals surface area contributed by atoms with Gasteiger partial charge in [-0.15, -0.1) is 0 Å². The van der Waals surface area contributed by atoms with Crippen LogP contribution in [-0.2, 0) is 16.2 Å². The maximum absolute atomic E-state index is 13.1. The van der Waals surface area contributed by atoms with Crippen LogP contribution in [0.2, 0.25) is 0 Å². The summed E-state index contributed by atoms with van der Waals surface area (Å²) in [7, 11) is -0.407. The van der Waals surface area contributed by atoms with Crippen molar-refractivity contribution in [3.63, 3.8) is 0 Å². The molecule has 0 saturated heterocycles. The van der Waals surface area contributed by atoms with Crippen LogP contribution in [0.3, 0.4) is 0 Å². The van der Waals surface area contributed by atoms with Crippen molar-refractivity contribution >= 4 is 21.5 Å². The first-order chi connectivity index (χ1) is 14.0. The quantitative estimate of drug-likeness (QED) is 0.617. The van der Waals surface area contributed by atoms with E-state index in [9.17, 15) is 21.6 Å². The highest BCUT2D eigenvalue weighted by molar-refractivity contribution is 7.92. The molecule has 0 bridgehead atoms. The van der Waals surface area contributed by atoms with Crippen molar-refractivity contribution in [2.24, 2.45) is 0 Å². The van der Waals surface area contributed by atoms with Gasteiger partial charge < -0.3 is 4.90 Å². The summed E-state index contributed by atoms with van der Waals surface area (Å²) in [6.45, 7) is 1.85. The van der Waals surface area contributed by atoms with E-state index in [4.69, 9.17) is 0 Å². The second-order valence-electron chi connectivity index (χ2n) is 6.98. The summed E-state index contributed by atoms with van der Waals surface area (Å²) in [4.78, 5) is 5.68. The fraction of sp³-hybridized carbons (Fsp3) is 0.190. The van der Waals surface area contributed by atoms with Gasteiger partial charge in [-0.05, 0) is 42.8 Å². The minimum absolute atomic E-state index is 0.120. The lowest BCUT2D eigenvalue weighted by Crippen LogP contribution is -2.14. The van der Waals surface area contributed by atoms with E-state index in [2.05, 4.69) is 9.71 Å². The molecule has 1 heterocycles. The van der Waals surface area contributed by atoms with Gasteiger partial charge in [0.1, 0.15) is 5.82 Å². The first-order valence-corrected chi connectivity index (χ1v) is 10.4. The summed E-state index contributed by atoms with van der Waals surface area (Å²) in [6.07, 6.45) is -3.72. The van der Waals surface area contributed by atoms with Gasteiger partial charge in [0.2, 0.25) is 0 Å². The van der Waals surface area contributed by atoms with E-state index >= 15 is 0 Å². The van der Waals surface area contributed by atoms with Gasteiger partial charge in [0.15, 0.2) is 0 Å². The van der Waals surface area contributed by atoms with Gasteiger partial charge in [0, 0.05) is 31.5 Å². The molecule has 9 heteroatoms. The molecule has 158 valence electrons. The van der Waals surface area contributed by atoms with Gasteiger partial charge in [0.05, 0.1) is 10.5 Å². The number of sulfonamides is 1. The van der Waals surface area contributed by atoms with E-state index in [0.717, 1.165) is 17.8 Å². The SMILES string of the molecule is Cc1ccc(S(=O)(=O)Nc2ccc(-c3cc(C(F)(F)F)cnc3N(C)C)cc2)cc1. The lowest BCUT2D eigenvalue weighted by atomic mass is 10.0. The Hall–Kier alpha value is -3.07. The number of nitrogens with one attached hydrogen (secondary N) is 1. The molecular weight excluding hydrogens is 415 g/mol. The molecule has 0 spiro atoms. The second-order valence-corrected chi connectivity index (χ2v) is 8.67. The number of rotatable bonds is 5. The van der Waals surface area contributed by atoms with Crippen molar-refractivity contribution in [1.82, 2.24) is 4.98 Å². The standard InChI is InChI=1S/C21H20F3N3O2S/c1-14-4-10-18(11-5-14)30(28,29)26-17-8-6-15(7-9-17)19-12-16(21(22,23)24)13-25-20(19)27(2)3/h4-13,26H,1-3H3. The van der Waals surface area contributed by atoms with Gasteiger partial charge in [0.25, 0.3) is 10.0 Å². The highest BCUT2D eigenvalue weighted by Gasteiger charge is 2.32. The molecule has 3 aromatic rings. The molecule has 0 amide bonds. The Balaban J connectivity index is 1.93. The summed E-state index contributed by atoms with van der Waals surface area (Å²) in [6, 6.07) is 13.5. The zero-order valence-electron chi connectivity index (χ0n) is 16.5. The van der Waals surface area contributed by atoms with Crippen LogP contribution in [0.1, 0.15) is 11.1 Å². The number of nitrogens with zero attached hydrogens (tertiary/aromatic N) is 2. The summed E-state index contributed by atoms with van der Waals surface area (Å²) < 4.78 is 66.9. The second kappa shape index (κ2) is 7.98. The number of anilines is 2. The molecule has 5 nitrogen and oxygen atoms in total. The molecule has 0 aliphatic carbocycles. The van der Waals surface area contributed by atoms with Crippen LogP contribution >= 0.6 is 0 Å². The number of pyridine rings is 1. The third-order valence-corrected chi connectivity index (χ3v) is 5.79. The Morgan fingerprint density at radius 1 is 0.967 bits per heavy atom. The molecule has 3 rings (SSSR count). The van der Waals surface area contributed by atoms with Crippen molar-refractivity contribution in [2.75, 3.05) is 23.7 Å². The third kappa shape index (κ3) is 4.73. The van der Waals surface area contributed by atoms with Gasteiger partial charge in [-0.1, -0.05) is 29.8 Å². The Kier molecular flexibility index (Phi) is 5.76. The summed E-state index contributed by atoms with van der Waals surface area (Å²) >= 11 is 0. The minimum Gasteiger partial charge on any atom is -0.362 e. The summed E-state index contributed by atoms with van der Waals surface area (Å²) in [5.74, 6) is 0.371. The number of benzene rings is 2. The third-order valence-electron chi connectivity index (χ3n) is 4.40. The molecule has 0 unspecified atom stereocenters. The lowest BCUT2D eigenvalue weighted by Gasteiger charge is -2.18. The molecule has 0 aliphatic rings. The monoisotopic (exact) mass is 435 g/mol. The van der Waals surface area contributed by atoms with Crippen LogP contribution in [0, 0.1) is 6.92 Å². The fourth-order valence-corrected chi connectivity index (χ4v) is 3.89. The molecule has 0 atom stereocenters. The van der Waals surface area contributed by atoms with Crippen LogP contribution in [0.25, 0.3) is 11.1 Å². The van der Waals surface area contributed by atoms with E-state index in [1.807, 2.05) is 6.92 Å². The maximum Gasteiger partial charge on any atom is 0.417 e. The van der Waals surface area contributed by atoms with E-state index in [-0.39, 0.29) is 4.90 Å². The van der Waals surface area contributed by atoms with E-state index in [1.54, 1.807) is 43.3 Å². The van der Waals surface area contributed by atoms with Gasteiger partial charge in [-0.2, -0.15) is 13.2 Å². The van der Waals surface area contributed by atoms with Crippen molar-refractivity contribution in [1.29, 1.82) is 0 Å². The highest BCUT2D eigenvalue weighted by Crippen LogP contribution is 2.36. The van der Waals surface area contributed by atoms with Crippen LogP contribution in [0.15, 0.2) is 65.7 Å². The Morgan fingerprint density at radius 2 is 1.57 bits per heavy atom. The zero-order chi connectivity index (χ0) is 22.1. The van der Waals surface area contributed by atoms with Crippen molar-refractivity contribution in [3.8, 4) is 11.1 Å². The van der Waals surface area contributed by atoms with Gasteiger partial charge >= 0.3 is 6.18 Å². The number of aromatic nitrogens is 1. The largest absolute Gasteiger partial charge is 0.417 e. The Morgan fingerprint density at radius 3 is 2.10 bits per heavy atom. The number of aryl methyl sites for hydroxylation is 1. The molecule has 1 N–H and O–H groups in total. The molecular formula is C21H20F3N3O2S. The summed E-state index contributed by atoms with van der Waals surface area (Å²) in [5.41, 5.74) is 1.15. The normalized spacial score (nSPS) is 11.9. The fourth-order valence-electron chi connectivity index (χ4n) is 2.83. The smallest absolute Gasteiger partial charge is 0.362 e. The maximum atomic E-state index is 13.1. The number of halogens is 3. The lowest BCUT2D eigenvalue weighted by molar-refractivity contribution is -0.137. The average molecular weight is 435 g/mol. The average Bonchev–Trinajstić information content (AvgIpc) is 2.67. The van der Waals surface area contributed by atoms with E-state index in [1.165, 1.54) is 24.3 Å². The number of hydrogen-bond acceptors (Lipinski definition) is 4. The van der Waals surface area contributed by atoms with Crippen molar-refractivity contribution in [3.05, 3.63) is 71.9 Å². The predicted molar refractivity (Wildman–Crippen MR) is 111 cm³/mol. The molecule has 30 heavy (non-hydrogen) atoms. The predicted octanol–water partition coefficient (Wildman–Crippen LogP) is 4.94. The number of alkyl halides is 3.